The Morgan fingerprint density at radius 2 is 2.24 bits per heavy atom. The standard InChI is InChI=1S/C14H21N3O4/c1-3-4-17-5-9(8(2)16-17)14(19)15-10-6-20-13-11(18)7-21-12(10)13/h5,10-13,18H,3-4,6-7H2,1-2H3,(H,15,19)/t10-,11-,12-,13-/m1/s1. The molecule has 1 aromatic heterocycles. The maximum Gasteiger partial charge on any atom is 0.255 e. The van der Waals surface area contributed by atoms with Gasteiger partial charge in [0.05, 0.1) is 30.5 Å². The molecule has 3 heterocycles. The fourth-order valence-corrected chi connectivity index (χ4v) is 2.93. The van der Waals surface area contributed by atoms with Crippen LogP contribution in [-0.2, 0) is 16.0 Å². The molecule has 0 radical (unpaired) electrons. The minimum absolute atomic E-state index is 0.172. The molecule has 1 aromatic rings. The average Bonchev–Trinajstić information content (AvgIpc) is 3.10. The summed E-state index contributed by atoms with van der Waals surface area (Å²) in [6.45, 7) is 5.30. The first-order chi connectivity index (χ1) is 10.1. The molecule has 7 heteroatoms. The number of nitrogens with zero attached hydrogens (tertiary/aromatic N) is 2. The highest BCUT2D eigenvalue weighted by molar-refractivity contribution is 5.95. The van der Waals surface area contributed by atoms with E-state index in [1.54, 1.807) is 10.9 Å². The van der Waals surface area contributed by atoms with E-state index in [-0.39, 0.29) is 30.8 Å². The second kappa shape index (κ2) is 5.75. The second-order valence-corrected chi connectivity index (χ2v) is 5.63. The molecule has 0 spiro atoms. The van der Waals surface area contributed by atoms with Gasteiger partial charge < -0.3 is 19.9 Å². The van der Waals surface area contributed by atoms with Crippen molar-refractivity contribution in [1.29, 1.82) is 0 Å². The molecule has 0 aromatic carbocycles. The van der Waals surface area contributed by atoms with Gasteiger partial charge in [0.2, 0.25) is 0 Å². The highest BCUT2D eigenvalue weighted by Gasteiger charge is 2.47. The number of amides is 1. The van der Waals surface area contributed by atoms with Gasteiger partial charge in [-0.25, -0.2) is 0 Å². The SMILES string of the molecule is CCCn1cc(C(=O)N[C@@H]2CO[C@H]3[C@@H]2OC[C@H]3O)c(C)n1. The fourth-order valence-electron chi connectivity index (χ4n) is 2.93. The first-order valence-electron chi connectivity index (χ1n) is 7.36. The smallest absolute Gasteiger partial charge is 0.255 e. The third kappa shape index (κ3) is 2.68. The Kier molecular flexibility index (Phi) is 3.97. The van der Waals surface area contributed by atoms with E-state index in [1.807, 2.05) is 6.92 Å². The van der Waals surface area contributed by atoms with E-state index in [2.05, 4.69) is 17.3 Å². The van der Waals surface area contributed by atoms with Crippen LogP contribution in [0.4, 0.5) is 0 Å². The molecule has 2 N–H and O–H groups in total. The minimum atomic E-state index is -0.606. The summed E-state index contributed by atoms with van der Waals surface area (Å²) < 4.78 is 12.8. The summed E-state index contributed by atoms with van der Waals surface area (Å²) in [7, 11) is 0. The van der Waals surface area contributed by atoms with E-state index in [0.29, 0.717) is 17.9 Å². The van der Waals surface area contributed by atoms with Crippen molar-refractivity contribution in [3.05, 3.63) is 17.5 Å². The molecule has 2 saturated heterocycles. The summed E-state index contributed by atoms with van der Waals surface area (Å²) in [5.74, 6) is -0.172. The van der Waals surface area contributed by atoms with Gasteiger partial charge in [-0.05, 0) is 13.3 Å². The van der Waals surface area contributed by atoms with Crippen molar-refractivity contribution in [2.24, 2.45) is 0 Å². The number of ether oxygens (including phenoxy) is 2. The Morgan fingerprint density at radius 1 is 1.48 bits per heavy atom. The molecule has 0 bridgehead atoms. The van der Waals surface area contributed by atoms with Crippen LogP contribution < -0.4 is 5.32 Å². The largest absolute Gasteiger partial charge is 0.388 e. The molecule has 2 aliphatic heterocycles. The number of aliphatic hydroxyl groups excluding tert-OH is 1. The number of aliphatic hydroxyl groups is 1. The summed E-state index contributed by atoms with van der Waals surface area (Å²) in [5.41, 5.74) is 1.29. The molecule has 0 unspecified atom stereocenters. The number of rotatable bonds is 4. The zero-order valence-electron chi connectivity index (χ0n) is 12.3. The molecule has 116 valence electrons. The van der Waals surface area contributed by atoms with Crippen molar-refractivity contribution in [3.63, 3.8) is 0 Å². The van der Waals surface area contributed by atoms with Crippen LogP contribution in [0, 0.1) is 6.92 Å². The number of hydrogen-bond acceptors (Lipinski definition) is 5. The zero-order valence-corrected chi connectivity index (χ0v) is 12.3. The Hall–Kier alpha value is -1.44. The number of nitrogens with one attached hydrogen (secondary N) is 1. The topological polar surface area (TPSA) is 85.6 Å². The third-order valence-corrected chi connectivity index (χ3v) is 3.99. The van der Waals surface area contributed by atoms with Crippen molar-refractivity contribution in [2.75, 3.05) is 13.2 Å². The van der Waals surface area contributed by atoms with Gasteiger partial charge in [-0.15, -0.1) is 0 Å². The Bertz CT molecular complexity index is 530. The summed E-state index contributed by atoms with van der Waals surface area (Å²) in [5, 5.41) is 17.0. The lowest BCUT2D eigenvalue weighted by atomic mass is 10.1. The molecule has 0 saturated carbocycles. The number of fused-ring (bicyclic) bond motifs is 1. The molecular formula is C14H21N3O4. The summed E-state index contributed by atoms with van der Waals surface area (Å²) in [4.78, 5) is 12.4. The Morgan fingerprint density at radius 3 is 3.00 bits per heavy atom. The number of aromatic nitrogens is 2. The molecule has 21 heavy (non-hydrogen) atoms. The van der Waals surface area contributed by atoms with Crippen LogP contribution in [-0.4, -0.2) is 58.4 Å². The van der Waals surface area contributed by atoms with Crippen molar-refractivity contribution in [3.8, 4) is 0 Å². The molecule has 2 fully saturated rings. The normalized spacial score (nSPS) is 31.4. The van der Waals surface area contributed by atoms with E-state index in [0.717, 1.165) is 13.0 Å². The van der Waals surface area contributed by atoms with Gasteiger partial charge in [0.15, 0.2) is 0 Å². The number of carbonyl (C=O) groups is 1. The van der Waals surface area contributed by atoms with Crippen LogP contribution in [0.25, 0.3) is 0 Å². The van der Waals surface area contributed by atoms with E-state index < -0.39 is 6.10 Å². The maximum atomic E-state index is 12.4. The molecule has 2 aliphatic rings. The van der Waals surface area contributed by atoms with Crippen LogP contribution >= 0.6 is 0 Å². The van der Waals surface area contributed by atoms with Crippen LogP contribution in [0.5, 0.6) is 0 Å². The Balaban J connectivity index is 1.67. The lowest BCUT2D eigenvalue weighted by Crippen LogP contribution is -2.44. The van der Waals surface area contributed by atoms with Gasteiger partial charge in [0, 0.05) is 12.7 Å². The van der Waals surface area contributed by atoms with Crippen LogP contribution in [0.3, 0.4) is 0 Å². The van der Waals surface area contributed by atoms with Crippen LogP contribution in [0.2, 0.25) is 0 Å². The molecule has 7 nitrogen and oxygen atoms in total. The van der Waals surface area contributed by atoms with Crippen molar-refractivity contribution < 1.29 is 19.4 Å². The fraction of sp³-hybridized carbons (Fsp3) is 0.714. The molecule has 3 rings (SSSR count). The second-order valence-electron chi connectivity index (χ2n) is 5.63. The van der Waals surface area contributed by atoms with Gasteiger partial charge in [-0.3, -0.25) is 9.48 Å². The quantitative estimate of drug-likeness (QED) is 0.807. The van der Waals surface area contributed by atoms with Crippen molar-refractivity contribution in [1.82, 2.24) is 15.1 Å². The predicted octanol–water partition coefficient (Wildman–Crippen LogP) is -0.142. The summed E-state index contributed by atoms with van der Waals surface area (Å²) >= 11 is 0. The average molecular weight is 295 g/mol. The van der Waals surface area contributed by atoms with Gasteiger partial charge in [0.25, 0.3) is 5.91 Å². The monoisotopic (exact) mass is 295 g/mol. The van der Waals surface area contributed by atoms with E-state index >= 15 is 0 Å². The van der Waals surface area contributed by atoms with Gasteiger partial charge >= 0.3 is 0 Å². The van der Waals surface area contributed by atoms with E-state index in [1.165, 1.54) is 0 Å². The third-order valence-electron chi connectivity index (χ3n) is 3.99. The van der Waals surface area contributed by atoms with Gasteiger partial charge in [0.1, 0.15) is 18.3 Å². The number of hydrogen-bond donors (Lipinski definition) is 2. The first-order valence-corrected chi connectivity index (χ1v) is 7.36. The van der Waals surface area contributed by atoms with Crippen molar-refractivity contribution >= 4 is 5.91 Å². The molecule has 4 atom stereocenters. The lowest BCUT2D eigenvalue weighted by Gasteiger charge is -2.17. The number of aryl methyl sites for hydroxylation is 2. The predicted molar refractivity (Wildman–Crippen MR) is 74.0 cm³/mol. The Labute approximate surface area is 123 Å². The molecule has 0 aliphatic carbocycles. The minimum Gasteiger partial charge on any atom is -0.388 e. The lowest BCUT2D eigenvalue weighted by molar-refractivity contribution is 0.0178. The maximum absolute atomic E-state index is 12.4. The van der Waals surface area contributed by atoms with Crippen LogP contribution in [0.15, 0.2) is 6.20 Å². The zero-order chi connectivity index (χ0) is 15.0. The van der Waals surface area contributed by atoms with Crippen LogP contribution in [0.1, 0.15) is 29.4 Å². The van der Waals surface area contributed by atoms with Crippen molar-refractivity contribution in [2.45, 2.75) is 51.2 Å². The molecule has 1 amide bonds. The molecular weight excluding hydrogens is 274 g/mol. The van der Waals surface area contributed by atoms with Gasteiger partial charge in [-0.1, -0.05) is 6.92 Å². The number of carbonyl (C=O) groups excluding carboxylic acids is 1. The summed E-state index contributed by atoms with van der Waals surface area (Å²) in [6, 6.07) is -0.228. The van der Waals surface area contributed by atoms with Gasteiger partial charge in [-0.2, -0.15) is 5.10 Å². The summed E-state index contributed by atoms with van der Waals surface area (Å²) in [6.07, 6.45) is 1.53. The highest BCUT2D eigenvalue weighted by atomic mass is 16.6. The first kappa shape index (κ1) is 14.5. The van der Waals surface area contributed by atoms with E-state index in [4.69, 9.17) is 9.47 Å². The highest BCUT2D eigenvalue weighted by Crippen LogP contribution is 2.27. The van der Waals surface area contributed by atoms with E-state index in [9.17, 15) is 9.90 Å².